The van der Waals surface area contributed by atoms with Gasteiger partial charge in [-0.2, -0.15) is 0 Å². The van der Waals surface area contributed by atoms with Crippen LogP contribution in [0, 0.1) is 5.92 Å². The lowest BCUT2D eigenvalue weighted by Crippen LogP contribution is -2.38. The van der Waals surface area contributed by atoms with E-state index in [9.17, 15) is 5.11 Å². The molecule has 4 nitrogen and oxygen atoms in total. The van der Waals surface area contributed by atoms with Crippen LogP contribution in [0.1, 0.15) is 39.2 Å². The van der Waals surface area contributed by atoms with Crippen molar-refractivity contribution in [3.8, 4) is 0 Å². The Labute approximate surface area is 122 Å². The van der Waals surface area contributed by atoms with E-state index in [0.717, 1.165) is 31.7 Å². The first-order chi connectivity index (χ1) is 9.35. The van der Waals surface area contributed by atoms with E-state index in [-0.39, 0.29) is 11.6 Å². The van der Waals surface area contributed by atoms with E-state index in [0.29, 0.717) is 5.92 Å². The fraction of sp³-hybridized carbons (Fsp3) is 0.688. The minimum absolute atomic E-state index is 0.0841. The molecule has 2 rings (SSSR count). The maximum atomic E-state index is 9.39. The van der Waals surface area contributed by atoms with Gasteiger partial charge in [-0.3, -0.25) is 0 Å². The van der Waals surface area contributed by atoms with Gasteiger partial charge in [0.15, 0.2) is 0 Å². The molecule has 1 fully saturated rings. The second kappa shape index (κ2) is 6.10. The first-order valence-corrected chi connectivity index (χ1v) is 7.43. The van der Waals surface area contributed by atoms with Gasteiger partial charge in [-0.05, 0) is 45.6 Å². The molecule has 0 amide bonds. The van der Waals surface area contributed by atoms with Gasteiger partial charge in [0, 0.05) is 37.4 Å². The largest absolute Gasteiger partial charge is 0.393 e. The highest BCUT2D eigenvalue weighted by atomic mass is 16.3. The second-order valence-electron chi connectivity index (χ2n) is 6.96. The Morgan fingerprint density at radius 1 is 1.40 bits per heavy atom. The molecule has 0 spiro atoms. The van der Waals surface area contributed by atoms with Crippen LogP contribution in [0.4, 0.5) is 5.82 Å². The van der Waals surface area contributed by atoms with Gasteiger partial charge >= 0.3 is 0 Å². The minimum atomic E-state index is -0.0841. The van der Waals surface area contributed by atoms with Crippen LogP contribution in [-0.2, 0) is 6.54 Å². The zero-order valence-electron chi connectivity index (χ0n) is 13.1. The quantitative estimate of drug-likeness (QED) is 0.866. The van der Waals surface area contributed by atoms with Crippen molar-refractivity contribution in [3.05, 3.63) is 23.9 Å². The number of hydrogen-bond donors (Lipinski definition) is 2. The van der Waals surface area contributed by atoms with Crippen LogP contribution in [0.25, 0.3) is 0 Å². The summed E-state index contributed by atoms with van der Waals surface area (Å²) in [4.78, 5) is 6.75. The molecule has 1 heterocycles. The summed E-state index contributed by atoms with van der Waals surface area (Å²) in [6, 6.07) is 4.12. The van der Waals surface area contributed by atoms with Crippen molar-refractivity contribution in [2.75, 3.05) is 18.5 Å². The number of pyridine rings is 1. The summed E-state index contributed by atoms with van der Waals surface area (Å²) in [5.41, 5.74) is 1.33. The first-order valence-electron chi connectivity index (χ1n) is 7.43. The van der Waals surface area contributed by atoms with E-state index in [1.807, 2.05) is 12.3 Å². The van der Waals surface area contributed by atoms with Gasteiger partial charge < -0.3 is 15.3 Å². The molecular formula is C16H27N3O. The van der Waals surface area contributed by atoms with Crippen molar-refractivity contribution in [1.82, 2.24) is 10.3 Å². The molecule has 0 bridgehead atoms. The van der Waals surface area contributed by atoms with Crippen LogP contribution in [0.2, 0.25) is 0 Å². The number of hydrogen-bond acceptors (Lipinski definition) is 4. The first kappa shape index (κ1) is 15.3. The van der Waals surface area contributed by atoms with E-state index in [4.69, 9.17) is 0 Å². The Bertz CT molecular complexity index is 436. The van der Waals surface area contributed by atoms with Gasteiger partial charge in [-0.1, -0.05) is 6.07 Å². The smallest absolute Gasteiger partial charge is 0.132 e. The van der Waals surface area contributed by atoms with Gasteiger partial charge in [0.1, 0.15) is 5.82 Å². The number of aliphatic hydroxyl groups excluding tert-OH is 1. The normalized spacial score (nSPS) is 22.4. The summed E-state index contributed by atoms with van der Waals surface area (Å²) < 4.78 is 0. The number of aromatic nitrogens is 1. The van der Waals surface area contributed by atoms with Crippen LogP contribution in [0.5, 0.6) is 0 Å². The van der Waals surface area contributed by atoms with Crippen molar-refractivity contribution in [2.45, 2.75) is 51.8 Å². The van der Waals surface area contributed by atoms with Crippen molar-refractivity contribution >= 4 is 5.82 Å². The molecule has 0 unspecified atom stereocenters. The lowest BCUT2D eigenvalue weighted by molar-refractivity contribution is 0.0464. The average molecular weight is 277 g/mol. The predicted molar refractivity (Wildman–Crippen MR) is 82.8 cm³/mol. The fourth-order valence-electron chi connectivity index (χ4n) is 2.60. The van der Waals surface area contributed by atoms with E-state index < -0.39 is 0 Å². The highest BCUT2D eigenvalue weighted by Gasteiger charge is 2.28. The third-order valence-electron chi connectivity index (χ3n) is 3.78. The topological polar surface area (TPSA) is 48.4 Å². The molecular weight excluding hydrogens is 250 g/mol. The molecule has 0 atom stereocenters. The van der Waals surface area contributed by atoms with Crippen LogP contribution in [0.15, 0.2) is 18.3 Å². The predicted octanol–water partition coefficient (Wildman–Crippen LogP) is 2.18. The average Bonchev–Trinajstić information content (AvgIpc) is 2.34. The number of nitrogens with one attached hydrogen (secondary N) is 1. The fourth-order valence-corrected chi connectivity index (χ4v) is 2.60. The zero-order valence-corrected chi connectivity index (χ0v) is 13.1. The van der Waals surface area contributed by atoms with Gasteiger partial charge in [0.2, 0.25) is 0 Å². The summed E-state index contributed by atoms with van der Waals surface area (Å²) in [5, 5.41) is 12.9. The van der Waals surface area contributed by atoms with Gasteiger partial charge in [-0.15, -0.1) is 0 Å². The lowest BCUT2D eigenvalue weighted by Gasteiger charge is -2.35. The van der Waals surface area contributed by atoms with E-state index in [1.54, 1.807) is 0 Å². The molecule has 0 radical (unpaired) electrons. The van der Waals surface area contributed by atoms with Crippen molar-refractivity contribution < 1.29 is 5.11 Å². The minimum Gasteiger partial charge on any atom is -0.393 e. The summed E-state index contributed by atoms with van der Waals surface area (Å²) in [6.45, 7) is 8.30. The third-order valence-corrected chi connectivity index (χ3v) is 3.78. The van der Waals surface area contributed by atoms with E-state index in [2.05, 4.69) is 49.1 Å². The number of anilines is 1. The highest BCUT2D eigenvalue weighted by molar-refractivity contribution is 5.46. The zero-order chi connectivity index (χ0) is 14.8. The molecule has 2 N–H and O–H groups in total. The Kier molecular flexibility index (Phi) is 4.66. The third kappa shape index (κ3) is 4.18. The van der Waals surface area contributed by atoms with Crippen molar-refractivity contribution in [3.63, 3.8) is 0 Å². The number of aliphatic hydroxyl groups is 1. The van der Waals surface area contributed by atoms with Crippen LogP contribution in [-0.4, -0.2) is 35.3 Å². The van der Waals surface area contributed by atoms with Gasteiger partial charge in [0.25, 0.3) is 0 Å². The van der Waals surface area contributed by atoms with E-state index in [1.165, 1.54) is 5.56 Å². The molecule has 1 saturated carbocycles. The molecule has 112 valence electrons. The van der Waals surface area contributed by atoms with E-state index >= 15 is 0 Å². The Morgan fingerprint density at radius 2 is 2.10 bits per heavy atom. The molecule has 1 aliphatic rings. The second-order valence-corrected chi connectivity index (χ2v) is 6.96. The SMILES string of the molecule is CN(CC1CC(O)C1)c1ncccc1CNC(C)(C)C. The molecule has 0 aliphatic heterocycles. The summed E-state index contributed by atoms with van der Waals surface area (Å²) >= 11 is 0. The molecule has 0 saturated heterocycles. The summed E-state index contributed by atoms with van der Waals surface area (Å²) in [7, 11) is 2.09. The maximum Gasteiger partial charge on any atom is 0.132 e. The van der Waals surface area contributed by atoms with Crippen molar-refractivity contribution in [1.29, 1.82) is 0 Å². The monoisotopic (exact) mass is 277 g/mol. The number of rotatable bonds is 5. The van der Waals surface area contributed by atoms with Gasteiger partial charge in [0.05, 0.1) is 6.10 Å². The lowest BCUT2D eigenvalue weighted by atomic mass is 9.82. The molecule has 1 aliphatic carbocycles. The van der Waals surface area contributed by atoms with Crippen LogP contribution >= 0.6 is 0 Å². The molecule has 4 heteroatoms. The highest BCUT2D eigenvalue weighted by Crippen LogP contribution is 2.29. The molecule has 1 aromatic heterocycles. The number of nitrogens with zero attached hydrogens (tertiary/aromatic N) is 2. The molecule has 20 heavy (non-hydrogen) atoms. The maximum absolute atomic E-state index is 9.39. The summed E-state index contributed by atoms with van der Waals surface area (Å²) in [6.07, 6.45) is 3.61. The molecule has 1 aromatic rings. The standard InChI is InChI=1S/C16H27N3O/c1-16(2,3)18-10-13-6-5-7-17-15(13)19(4)11-12-8-14(20)9-12/h5-7,12,14,18,20H,8-11H2,1-4H3. The van der Waals surface area contributed by atoms with Crippen molar-refractivity contribution in [2.24, 2.45) is 5.92 Å². The van der Waals surface area contributed by atoms with Gasteiger partial charge in [-0.25, -0.2) is 4.98 Å². The molecule has 0 aromatic carbocycles. The summed E-state index contributed by atoms with van der Waals surface area (Å²) in [5.74, 6) is 1.64. The Balaban J connectivity index is 1.99. The van der Waals surface area contributed by atoms with Crippen LogP contribution < -0.4 is 10.2 Å². The Hall–Kier alpha value is -1.13. The Morgan fingerprint density at radius 3 is 2.70 bits per heavy atom. The van der Waals surface area contributed by atoms with Crippen LogP contribution in [0.3, 0.4) is 0 Å².